The molecule has 0 radical (unpaired) electrons. The third-order valence-corrected chi connectivity index (χ3v) is 2.42. The predicted octanol–water partition coefficient (Wildman–Crippen LogP) is 3.09. The number of allylic oxidation sites excluding steroid dienone is 2. The first kappa shape index (κ1) is 9.09. The fourth-order valence-corrected chi connectivity index (χ4v) is 0.987. The summed E-state index contributed by atoms with van der Waals surface area (Å²) in [4.78, 5) is 0. The minimum atomic E-state index is 0.821. The van der Waals surface area contributed by atoms with Gasteiger partial charge in [-0.1, -0.05) is 19.1 Å². The molecule has 0 fully saturated rings. The molecule has 0 aliphatic rings. The highest BCUT2D eigenvalue weighted by Crippen LogP contribution is 2.11. The molecule has 0 aromatic heterocycles. The molecule has 0 aromatic carbocycles. The smallest absolute Gasteiger partial charge is 0.00188 e. The van der Waals surface area contributed by atoms with Crippen LogP contribution in [0.4, 0.5) is 0 Å². The highest BCUT2D eigenvalue weighted by atomic mass is 32.2. The summed E-state index contributed by atoms with van der Waals surface area (Å²) in [5.41, 5.74) is 0. The second-order valence-electron chi connectivity index (χ2n) is 2.19. The Kier molecular flexibility index (Phi) is 6.28. The van der Waals surface area contributed by atoms with E-state index in [4.69, 9.17) is 0 Å². The van der Waals surface area contributed by atoms with E-state index >= 15 is 0 Å². The largest absolute Gasteiger partial charge is 0.162 e. The molecule has 0 N–H and O–H groups in total. The van der Waals surface area contributed by atoms with Gasteiger partial charge in [-0.2, -0.15) is 11.8 Å². The zero-order chi connectivity index (χ0) is 7.11. The van der Waals surface area contributed by atoms with E-state index in [1.54, 1.807) is 0 Å². The van der Waals surface area contributed by atoms with Crippen molar-refractivity contribution in [3.63, 3.8) is 0 Å². The van der Waals surface area contributed by atoms with Crippen LogP contribution < -0.4 is 0 Å². The molecule has 1 atom stereocenters. The van der Waals surface area contributed by atoms with Crippen LogP contribution in [0.1, 0.15) is 26.7 Å². The number of thioether (sulfide) groups is 1. The summed E-state index contributed by atoms with van der Waals surface area (Å²) in [5.74, 6) is 0. The first-order chi connectivity index (χ1) is 4.31. The Labute approximate surface area is 62.7 Å². The fraction of sp³-hybridized carbons (Fsp3) is 0.750. The van der Waals surface area contributed by atoms with Crippen LogP contribution >= 0.6 is 11.8 Å². The van der Waals surface area contributed by atoms with E-state index < -0.39 is 0 Å². The number of hydrogen-bond acceptors (Lipinski definition) is 1. The van der Waals surface area contributed by atoms with Gasteiger partial charge < -0.3 is 0 Å². The molecule has 0 saturated carbocycles. The van der Waals surface area contributed by atoms with Gasteiger partial charge in [0.05, 0.1) is 0 Å². The van der Waals surface area contributed by atoms with E-state index in [1.165, 1.54) is 12.8 Å². The van der Waals surface area contributed by atoms with Crippen LogP contribution in [-0.2, 0) is 0 Å². The van der Waals surface area contributed by atoms with E-state index in [0.29, 0.717) is 0 Å². The molecule has 1 heteroatoms. The van der Waals surface area contributed by atoms with Crippen molar-refractivity contribution in [2.75, 3.05) is 6.26 Å². The molecule has 1 unspecified atom stereocenters. The average molecular weight is 144 g/mol. The second-order valence-corrected chi connectivity index (χ2v) is 3.47. The first-order valence-corrected chi connectivity index (χ1v) is 4.74. The van der Waals surface area contributed by atoms with E-state index in [-0.39, 0.29) is 0 Å². The maximum absolute atomic E-state index is 2.27. The zero-order valence-electron chi connectivity index (χ0n) is 6.55. The molecular formula is C8H16S. The molecule has 0 heterocycles. The second kappa shape index (κ2) is 6.21. The van der Waals surface area contributed by atoms with Gasteiger partial charge in [0, 0.05) is 5.25 Å². The van der Waals surface area contributed by atoms with Crippen LogP contribution in [0, 0.1) is 0 Å². The standard InChI is InChI=1S/C8H16S/c1-4-5-6-7-8(2)9-3/h4-5,8H,6-7H2,1-3H3/b5-4-. The molecule has 0 bridgehead atoms. The van der Waals surface area contributed by atoms with Gasteiger partial charge in [-0.3, -0.25) is 0 Å². The van der Waals surface area contributed by atoms with Crippen molar-refractivity contribution >= 4 is 11.8 Å². The predicted molar refractivity (Wildman–Crippen MR) is 47.0 cm³/mol. The van der Waals surface area contributed by atoms with Crippen molar-refractivity contribution in [2.45, 2.75) is 31.9 Å². The highest BCUT2D eigenvalue weighted by Gasteiger charge is 1.94. The van der Waals surface area contributed by atoms with Gasteiger partial charge in [0.2, 0.25) is 0 Å². The summed E-state index contributed by atoms with van der Waals surface area (Å²) >= 11 is 1.94. The maximum Gasteiger partial charge on any atom is 0.00188 e. The third-order valence-electron chi connectivity index (χ3n) is 1.38. The van der Waals surface area contributed by atoms with Crippen molar-refractivity contribution in [2.24, 2.45) is 0 Å². The Morgan fingerprint density at radius 1 is 1.56 bits per heavy atom. The molecular weight excluding hydrogens is 128 g/mol. The summed E-state index contributed by atoms with van der Waals surface area (Å²) in [6, 6.07) is 0. The monoisotopic (exact) mass is 144 g/mol. The summed E-state index contributed by atoms with van der Waals surface area (Å²) in [5, 5.41) is 0.821. The number of rotatable bonds is 4. The Hall–Kier alpha value is 0.0900. The molecule has 0 nitrogen and oxygen atoms in total. The Morgan fingerprint density at radius 3 is 2.67 bits per heavy atom. The lowest BCUT2D eigenvalue weighted by Gasteiger charge is -2.03. The van der Waals surface area contributed by atoms with Crippen LogP contribution in [0.2, 0.25) is 0 Å². The van der Waals surface area contributed by atoms with Crippen molar-refractivity contribution in [3.05, 3.63) is 12.2 Å². The molecule has 54 valence electrons. The van der Waals surface area contributed by atoms with Crippen LogP contribution in [0.5, 0.6) is 0 Å². The average Bonchev–Trinajstić information content (AvgIpc) is 1.89. The quantitative estimate of drug-likeness (QED) is 0.546. The number of hydrogen-bond donors (Lipinski definition) is 0. The highest BCUT2D eigenvalue weighted by molar-refractivity contribution is 7.99. The van der Waals surface area contributed by atoms with E-state index in [2.05, 4.69) is 32.3 Å². The van der Waals surface area contributed by atoms with Crippen molar-refractivity contribution < 1.29 is 0 Å². The van der Waals surface area contributed by atoms with Gasteiger partial charge in [0.1, 0.15) is 0 Å². The zero-order valence-corrected chi connectivity index (χ0v) is 7.37. The van der Waals surface area contributed by atoms with Gasteiger partial charge in [-0.25, -0.2) is 0 Å². The Morgan fingerprint density at radius 2 is 2.22 bits per heavy atom. The van der Waals surface area contributed by atoms with Gasteiger partial charge in [0.25, 0.3) is 0 Å². The Balaban J connectivity index is 3.06. The van der Waals surface area contributed by atoms with Gasteiger partial charge in [-0.15, -0.1) is 0 Å². The summed E-state index contributed by atoms with van der Waals surface area (Å²) in [6.45, 7) is 4.35. The minimum absolute atomic E-state index is 0.821. The summed E-state index contributed by atoms with van der Waals surface area (Å²) < 4.78 is 0. The van der Waals surface area contributed by atoms with Crippen LogP contribution in [0.3, 0.4) is 0 Å². The SMILES string of the molecule is C/C=C\CCC(C)SC. The first-order valence-electron chi connectivity index (χ1n) is 3.45. The van der Waals surface area contributed by atoms with E-state index in [1.807, 2.05) is 11.8 Å². The maximum atomic E-state index is 2.27. The summed E-state index contributed by atoms with van der Waals surface area (Å²) in [7, 11) is 0. The van der Waals surface area contributed by atoms with E-state index in [9.17, 15) is 0 Å². The minimum Gasteiger partial charge on any atom is -0.162 e. The van der Waals surface area contributed by atoms with Crippen LogP contribution in [0.25, 0.3) is 0 Å². The molecule has 0 saturated heterocycles. The lowest BCUT2D eigenvalue weighted by molar-refractivity contribution is 0.833. The summed E-state index contributed by atoms with van der Waals surface area (Å²) in [6.07, 6.45) is 9.06. The van der Waals surface area contributed by atoms with Gasteiger partial charge in [-0.05, 0) is 26.0 Å². The normalized spacial score (nSPS) is 14.6. The molecule has 0 amide bonds. The van der Waals surface area contributed by atoms with Crippen molar-refractivity contribution in [1.29, 1.82) is 0 Å². The topological polar surface area (TPSA) is 0 Å². The Bertz CT molecular complexity index is 76.6. The molecule has 0 aromatic rings. The van der Waals surface area contributed by atoms with Crippen molar-refractivity contribution in [3.8, 4) is 0 Å². The molecule has 9 heavy (non-hydrogen) atoms. The molecule has 0 aliphatic carbocycles. The van der Waals surface area contributed by atoms with Crippen molar-refractivity contribution in [1.82, 2.24) is 0 Å². The third kappa shape index (κ3) is 5.97. The van der Waals surface area contributed by atoms with E-state index in [0.717, 1.165) is 5.25 Å². The van der Waals surface area contributed by atoms with Gasteiger partial charge in [0.15, 0.2) is 0 Å². The van der Waals surface area contributed by atoms with Crippen LogP contribution in [0.15, 0.2) is 12.2 Å². The van der Waals surface area contributed by atoms with Gasteiger partial charge >= 0.3 is 0 Å². The molecule has 0 spiro atoms. The van der Waals surface area contributed by atoms with Crippen LogP contribution in [-0.4, -0.2) is 11.5 Å². The lowest BCUT2D eigenvalue weighted by atomic mass is 10.2. The molecule has 0 aliphatic heterocycles. The lowest BCUT2D eigenvalue weighted by Crippen LogP contribution is -1.91. The molecule has 0 rings (SSSR count). The fourth-order valence-electron chi connectivity index (χ4n) is 0.615.